The average Bonchev–Trinajstić information content (AvgIpc) is 2.71. The molecule has 2 aromatic rings. The highest BCUT2D eigenvalue weighted by Crippen LogP contribution is 2.20. The Kier molecular flexibility index (Phi) is 6.69. The van der Waals surface area contributed by atoms with E-state index in [1.165, 1.54) is 17.2 Å². The number of hydrogen-bond donors (Lipinski definition) is 2. The summed E-state index contributed by atoms with van der Waals surface area (Å²) in [6, 6.07) is 15.7. The van der Waals surface area contributed by atoms with Crippen molar-refractivity contribution < 1.29 is 4.39 Å². The Morgan fingerprint density at radius 3 is 2.52 bits per heavy atom. The molecule has 2 aromatic carbocycles. The van der Waals surface area contributed by atoms with Crippen LogP contribution in [0.3, 0.4) is 0 Å². The van der Waals surface area contributed by atoms with Gasteiger partial charge in [-0.25, -0.2) is 4.39 Å². The van der Waals surface area contributed by atoms with Crippen LogP contribution < -0.4 is 15.5 Å². The SMILES string of the molecule is CCc1ccccc1CNC(=NC)NC1CCN(c2cccc(F)c2)CC1. The summed E-state index contributed by atoms with van der Waals surface area (Å²) in [5.41, 5.74) is 3.64. The number of nitrogens with one attached hydrogen (secondary N) is 2. The Labute approximate surface area is 161 Å². The number of anilines is 1. The molecule has 2 N–H and O–H groups in total. The third-order valence-corrected chi connectivity index (χ3v) is 5.18. The summed E-state index contributed by atoms with van der Waals surface area (Å²) in [4.78, 5) is 6.62. The highest BCUT2D eigenvalue weighted by molar-refractivity contribution is 5.80. The number of halogens is 1. The number of benzene rings is 2. The quantitative estimate of drug-likeness (QED) is 0.624. The van der Waals surface area contributed by atoms with Crippen LogP contribution in [-0.4, -0.2) is 32.1 Å². The van der Waals surface area contributed by atoms with Crippen molar-refractivity contribution in [3.63, 3.8) is 0 Å². The molecule has 0 aliphatic carbocycles. The van der Waals surface area contributed by atoms with E-state index >= 15 is 0 Å². The van der Waals surface area contributed by atoms with Gasteiger partial charge >= 0.3 is 0 Å². The molecule has 0 aromatic heterocycles. The van der Waals surface area contributed by atoms with Gasteiger partial charge in [-0.1, -0.05) is 37.3 Å². The first-order valence-corrected chi connectivity index (χ1v) is 9.74. The molecule has 1 fully saturated rings. The summed E-state index contributed by atoms with van der Waals surface area (Å²) in [6.45, 7) is 4.78. The van der Waals surface area contributed by atoms with Gasteiger partial charge in [0.15, 0.2) is 5.96 Å². The van der Waals surface area contributed by atoms with E-state index in [4.69, 9.17) is 0 Å². The van der Waals surface area contributed by atoms with E-state index in [0.29, 0.717) is 6.04 Å². The van der Waals surface area contributed by atoms with Crippen molar-refractivity contribution in [3.05, 3.63) is 65.5 Å². The first-order valence-electron chi connectivity index (χ1n) is 9.74. The van der Waals surface area contributed by atoms with E-state index in [1.807, 2.05) is 13.1 Å². The second kappa shape index (κ2) is 9.40. The monoisotopic (exact) mass is 368 g/mol. The van der Waals surface area contributed by atoms with Crippen LogP contribution >= 0.6 is 0 Å². The van der Waals surface area contributed by atoms with E-state index in [1.54, 1.807) is 12.1 Å². The van der Waals surface area contributed by atoms with Crippen molar-refractivity contribution in [2.45, 2.75) is 38.8 Å². The Morgan fingerprint density at radius 2 is 1.85 bits per heavy atom. The molecule has 1 heterocycles. The molecular weight excluding hydrogens is 339 g/mol. The van der Waals surface area contributed by atoms with Crippen LogP contribution in [0.4, 0.5) is 10.1 Å². The molecule has 1 aliphatic rings. The fourth-order valence-corrected chi connectivity index (χ4v) is 3.60. The van der Waals surface area contributed by atoms with Gasteiger partial charge in [0, 0.05) is 38.4 Å². The summed E-state index contributed by atoms with van der Waals surface area (Å²) in [5.74, 6) is 0.662. The van der Waals surface area contributed by atoms with Crippen LogP contribution in [0.5, 0.6) is 0 Å². The van der Waals surface area contributed by atoms with Crippen molar-refractivity contribution in [2.75, 3.05) is 25.0 Å². The number of rotatable bonds is 5. The zero-order valence-electron chi connectivity index (χ0n) is 16.2. The molecular formula is C22H29FN4. The topological polar surface area (TPSA) is 39.7 Å². The Balaban J connectivity index is 1.50. The number of aliphatic imine (C=N–C) groups is 1. The molecule has 0 spiro atoms. The van der Waals surface area contributed by atoms with Gasteiger partial charge in [-0.3, -0.25) is 4.99 Å². The lowest BCUT2D eigenvalue weighted by atomic mass is 10.0. The summed E-state index contributed by atoms with van der Waals surface area (Å²) in [6.07, 6.45) is 3.04. The van der Waals surface area contributed by atoms with Crippen molar-refractivity contribution in [1.82, 2.24) is 10.6 Å². The minimum atomic E-state index is -0.176. The van der Waals surface area contributed by atoms with Gasteiger partial charge in [-0.2, -0.15) is 0 Å². The molecule has 5 heteroatoms. The number of guanidine groups is 1. The molecule has 0 amide bonds. The maximum Gasteiger partial charge on any atom is 0.191 e. The van der Waals surface area contributed by atoms with Crippen molar-refractivity contribution >= 4 is 11.6 Å². The maximum absolute atomic E-state index is 13.4. The third kappa shape index (κ3) is 5.22. The standard InChI is InChI=1S/C22H29FN4/c1-3-17-7-4-5-8-18(17)16-25-22(24-2)26-20-11-13-27(14-12-20)21-10-6-9-19(23)15-21/h4-10,15,20H,3,11-14,16H2,1-2H3,(H2,24,25,26). The molecule has 144 valence electrons. The fourth-order valence-electron chi connectivity index (χ4n) is 3.60. The molecule has 0 atom stereocenters. The smallest absolute Gasteiger partial charge is 0.191 e. The summed E-state index contributed by atoms with van der Waals surface area (Å²) in [7, 11) is 1.81. The lowest BCUT2D eigenvalue weighted by Gasteiger charge is -2.34. The predicted molar refractivity (Wildman–Crippen MR) is 111 cm³/mol. The number of piperidine rings is 1. The van der Waals surface area contributed by atoms with Gasteiger partial charge in [-0.15, -0.1) is 0 Å². The zero-order valence-corrected chi connectivity index (χ0v) is 16.2. The maximum atomic E-state index is 13.4. The van der Waals surface area contributed by atoms with Gasteiger partial charge in [0.1, 0.15) is 5.82 Å². The van der Waals surface area contributed by atoms with Crippen molar-refractivity contribution in [1.29, 1.82) is 0 Å². The molecule has 3 rings (SSSR count). The molecule has 0 bridgehead atoms. The first-order chi connectivity index (χ1) is 13.2. The second-order valence-electron chi connectivity index (χ2n) is 6.93. The zero-order chi connectivity index (χ0) is 19.1. The predicted octanol–water partition coefficient (Wildman–Crippen LogP) is 3.72. The lowest BCUT2D eigenvalue weighted by molar-refractivity contribution is 0.461. The van der Waals surface area contributed by atoms with Gasteiger partial charge < -0.3 is 15.5 Å². The molecule has 4 nitrogen and oxygen atoms in total. The van der Waals surface area contributed by atoms with E-state index < -0.39 is 0 Å². The molecule has 1 aliphatic heterocycles. The number of hydrogen-bond acceptors (Lipinski definition) is 2. The van der Waals surface area contributed by atoms with Crippen LogP contribution in [0.25, 0.3) is 0 Å². The minimum Gasteiger partial charge on any atom is -0.371 e. The molecule has 0 saturated carbocycles. The van der Waals surface area contributed by atoms with E-state index in [0.717, 1.165) is 50.5 Å². The summed E-state index contributed by atoms with van der Waals surface area (Å²) in [5, 5.41) is 6.97. The van der Waals surface area contributed by atoms with Crippen LogP contribution in [-0.2, 0) is 13.0 Å². The normalized spacial score (nSPS) is 15.7. The number of aryl methyl sites for hydroxylation is 1. The average molecular weight is 369 g/mol. The highest BCUT2D eigenvalue weighted by Gasteiger charge is 2.20. The summed E-state index contributed by atoms with van der Waals surface area (Å²) < 4.78 is 13.4. The molecule has 0 radical (unpaired) electrons. The molecule has 27 heavy (non-hydrogen) atoms. The van der Waals surface area contributed by atoms with Crippen LogP contribution in [0.15, 0.2) is 53.5 Å². The van der Waals surface area contributed by atoms with Gasteiger partial charge in [-0.05, 0) is 48.6 Å². The Bertz CT molecular complexity index is 766. The van der Waals surface area contributed by atoms with Crippen molar-refractivity contribution in [3.8, 4) is 0 Å². The van der Waals surface area contributed by atoms with Gasteiger partial charge in [0.25, 0.3) is 0 Å². The molecule has 1 saturated heterocycles. The van der Waals surface area contributed by atoms with Crippen molar-refractivity contribution in [2.24, 2.45) is 4.99 Å². The Hall–Kier alpha value is -2.56. The van der Waals surface area contributed by atoms with E-state index in [2.05, 4.69) is 51.7 Å². The van der Waals surface area contributed by atoms with E-state index in [9.17, 15) is 4.39 Å². The first kappa shape index (κ1) is 19.2. The Morgan fingerprint density at radius 1 is 1.11 bits per heavy atom. The second-order valence-corrected chi connectivity index (χ2v) is 6.93. The lowest BCUT2D eigenvalue weighted by Crippen LogP contribution is -2.48. The minimum absolute atomic E-state index is 0.176. The fraction of sp³-hybridized carbons (Fsp3) is 0.409. The highest BCUT2D eigenvalue weighted by atomic mass is 19.1. The van der Waals surface area contributed by atoms with Crippen LogP contribution in [0.2, 0.25) is 0 Å². The third-order valence-electron chi connectivity index (χ3n) is 5.18. The molecule has 0 unspecified atom stereocenters. The van der Waals surface area contributed by atoms with Crippen LogP contribution in [0.1, 0.15) is 30.9 Å². The van der Waals surface area contributed by atoms with Gasteiger partial charge in [0.05, 0.1) is 0 Å². The van der Waals surface area contributed by atoms with Crippen LogP contribution in [0, 0.1) is 5.82 Å². The van der Waals surface area contributed by atoms with Gasteiger partial charge in [0.2, 0.25) is 0 Å². The van der Waals surface area contributed by atoms with E-state index in [-0.39, 0.29) is 5.82 Å². The summed E-state index contributed by atoms with van der Waals surface area (Å²) >= 11 is 0. The number of nitrogens with zero attached hydrogens (tertiary/aromatic N) is 2. The largest absolute Gasteiger partial charge is 0.371 e.